The smallest absolute Gasteiger partial charge is 0.0794 e. The summed E-state index contributed by atoms with van der Waals surface area (Å²) in [5.41, 5.74) is 9.88. The predicted molar refractivity (Wildman–Crippen MR) is 79.7 cm³/mol. The van der Waals surface area contributed by atoms with Crippen molar-refractivity contribution in [1.82, 2.24) is 4.98 Å². The zero-order chi connectivity index (χ0) is 13.2. The number of nitrogens with zero attached hydrogens (tertiary/aromatic N) is 1. The SMILES string of the molecule is CC(C)C1CCC(c2ccnc3c2C=C=C=C3)CC1. The van der Waals surface area contributed by atoms with Crippen molar-refractivity contribution >= 4 is 12.2 Å². The molecule has 1 aromatic heterocycles. The lowest BCUT2D eigenvalue weighted by Gasteiger charge is -2.32. The first-order valence-corrected chi connectivity index (χ1v) is 7.42. The molecule has 0 spiro atoms. The van der Waals surface area contributed by atoms with Gasteiger partial charge in [0.05, 0.1) is 5.69 Å². The summed E-state index contributed by atoms with van der Waals surface area (Å²) in [6.07, 6.45) is 11.3. The normalized spacial score (nSPS) is 24.8. The van der Waals surface area contributed by atoms with Gasteiger partial charge in [-0.3, -0.25) is 4.98 Å². The fourth-order valence-corrected chi connectivity index (χ4v) is 3.45. The molecule has 0 aliphatic heterocycles. The van der Waals surface area contributed by atoms with E-state index in [2.05, 4.69) is 36.4 Å². The Labute approximate surface area is 115 Å². The van der Waals surface area contributed by atoms with E-state index in [-0.39, 0.29) is 0 Å². The topological polar surface area (TPSA) is 12.9 Å². The molecule has 1 heteroatoms. The Kier molecular flexibility index (Phi) is 3.42. The standard InChI is InChI=1S/C18H21N/c1-13(2)14-7-9-15(10-8-14)16-11-12-19-18-6-4-3-5-17(16)18/h5-6,11-15H,7-10H2,1-2H3. The average molecular weight is 251 g/mol. The van der Waals surface area contributed by atoms with Crippen molar-refractivity contribution in [1.29, 1.82) is 0 Å². The molecule has 3 rings (SSSR count). The zero-order valence-electron chi connectivity index (χ0n) is 11.8. The fourth-order valence-electron chi connectivity index (χ4n) is 3.45. The maximum absolute atomic E-state index is 4.43. The molecule has 0 unspecified atom stereocenters. The van der Waals surface area contributed by atoms with Crippen molar-refractivity contribution in [2.24, 2.45) is 11.8 Å². The highest BCUT2D eigenvalue weighted by Gasteiger charge is 2.26. The van der Waals surface area contributed by atoms with Crippen LogP contribution in [0.3, 0.4) is 0 Å². The quantitative estimate of drug-likeness (QED) is 0.698. The van der Waals surface area contributed by atoms with Gasteiger partial charge in [0.15, 0.2) is 0 Å². The summed E-state index contributed by atoms with van der Waals surface area (Å²) in [4.78, 5) is 4.43. The highest BCUT2D eigenvalue weighted by atomic mass is 14.7. The molecule has 0 N–H and O–H groups in total. The molecular weight excluding hydrogens is 230 g/mol. The first-order chi connectivity index (χ1) is 9.25. The number of hydrogen-bond donors (Lipinski definition) is 0. The number of aromatic nitrogens is 1. The fraction of sp³-hybridized carbons (Fsp3) is 0.500. The Balaban J connectivity index is 1.82. The molecule has 19 heavy (non-hydrogen) atoms. The van der Waals surface area contributed by atoms with Crippen LogP contribution in [0.25, 0.3) is 12.2 Å². The van der Waals surface area contributed by atoms with Gasteiger partial charge in [-0.1, -0.05) is 25.3 Å². The van der Waals surface area contributed by atoms with Crippen molar-refractivity contribution in [2.45, 2.75) is 45.4 Å². The summed E-state index contributed by atoms with van der Waals surface area (Å²) in [7, 11) is 0. The highest BCUT2D eigenvalue weighted by molar-refractivity contribution is 5.68. The van der Waals surface area contributed by atoms with E-state index in [1.165, 1.54) is 36.8 Å². The summed E-state index contributed by atoms with van der Waals surface area (Å²) in [6, 6.07) is 2.20. The Bertz CT molecular complexity index is 561. The molecule has 1 nitrogen and oxygen atoms in total. The Morgan fingerprint density at radius 2 is 1.84 bits per heavy atom. The molecule has 2 aliphatic rings. The molecule has 1 saturated carbocycles. The first kappa shape index (κ1) is 12.5. The van der Waals surface area contributed by atoms with Crippen molar-refractivity contribution in [3.05, 3.63) is 40.5 Å². The predicted octanol–water partition coefficient (Wildman–Crippen LogP) is 4.81. The number of pyridine rings is 1. The van der Waals surface area contributed by atoms with Gasteiger partial charge in [0.25, 0.3) is 0 Å². The van der Waals surface area contributed by atoms with Crippen molar-refractivity contribution < 1.29 is 0 Å². The second kappa shape index (κ2) is 5.21. The van der Waals surface area contributed by atoms with Gasteiger partial charge in [0.2, 0.25) is 0 Å². The van der Waals surface area contributed by atoms with Crippen LogP contribution in [0.5, 0.6) is 0 Å². The molecule has 1 heterocycles. The lowest BCUT2D eigenvalue weighted by atomic mass is 9.74. The second-order valence-corrected chi connectivity index (χ2v) is 6.13. The number of rotatable bonds is 2. The summed E-state index contributed by atoms with van der Waals surface area (Å²) >= 11 is 0. The van der Waals surface area contributed by atoms with Crippen molar-refractivity contribution in [3.63, 3.8) is 0 Å². The van der Waals surface area contributed by atoms with Crippen LogP contribution < -0.4 is 0 Å². The van der Waals surface area contributed by atoms with E-state index in [0.717, 1.165) is 17.5 Å². The van der Waals surface area contributed by atoms with E-state index in [9.17, 15) is 0 Å². The van der Waals surface area contributed by atoms with Gasteiger partial charge >= 0.3 is 0 Å². The summed E-state index contributed by atoms with van der Waals surface area (Å²) in [6.45, 7) is 4.72. The van der Waals surface area contributed by atoms with Crippen LogP contribution in [0.2, 0.25) is 0 Å². The summed E-state index contributed by atoms with van der Waals surface area (Å²) < 4.78 is 0. The van der Waals surface area contributed by atoms with E-state index in [4.69, 9.17) is 0 Å². The van der Waals surface area contributed by atoms with Crippen LogP contribution in [0.4, 0.5) is 0 Å². The molecule has 98 valence electrons. The second-order valence-electron chi connectivity index (χ2n) is 6.13. The minimum Gasteiger partial charge on any atom is -0.256 e. The lowest BCUT2D eigenvalue weighted by Crippen LogP contribution is -2.18. The maximum Gasteiger partial charge on any atom is 0.0794 e. The molecule has 0 bridgehead atoms. The van der Waals surface area contributed by atoms with Crippen LogP contribution >= 0.6 is 0 Å². The Morgan fingerprint density at radius 3 is 2.58 bits per heavy atom. The van der Waals surface area contributed by atoms with Crippen LogP contribution in [-0.4, -0.2) is 4.98 Å². The number of hydrogen-bond acceptors (Lipinski definition) is 1. The molecule has 0 saturated heterocycles. The van der Waals surface area contributed by atoms with E-state index in [0.29, 0.717) is 5.92 Å². The minimum atomic E-state index is 0.705. The van der Waals surface area contributed by atoms with Crippen LogP contribution in [0.15, 0.2) is 23.7 Å². The Hall–Kier alpha value is -1.55. The van der Waals surface area contributed by atoms with Gasteiger partial charge in [-0.15, -0.1) is 0 Å². The van der Waals surface area contributed by atoms with E-state index in [1.807, 2.05) is 18.3 Å². The zero-order valence-corrected chi connectivity index (χ0v) is 11.8. The molecular formula is C18H21N. The van der Waals surface area contributed by atoms with Gasteiger partial charge in [-0.05, 0) is 61.1 Å². The summed E-state index contributed by atoms with van der Waals surface area (Å²) in [5.74, 6) is 2.46. The van der Waals surface area contributed by atoms with Gasteiger partial charge in [0, 0.05) is 17.8 Å². The molecule has 0 radical (unpaired) electrons. The minimum absolute atomic E-state index is 0.705. The van der Waals surface area contributed by atoms with E-state index < -0.39 is 0 Å². The lowest BCUT2D eigenvalue weighted by molar-refractivity contribution is 0.258. The van der Waals surface area contributed by atoms with Crippen LogP contribution in [-0.2, 0) is 0 Å². The maximum atomic E-state index is 4.43. The third-order valence-electron chi connectivity index (χ3n) is 4.72. The largest absolute Gasteiger partial charge is 0.256 e. The molecule has 1 fully saturated rings. The monoisotopic (exact) mass is 251 g/mol. The van der Waals surface area contributed by atoms with Gasteiger partial charge in [-0.2, -0.15) is 0 Å². The molecule has 0 aromatic carbocycles. The van der Waals surface area contributed by atoms with Crippen molar-refractivity contribution in [2.75, 3.05) is 0 Å². The Morgan fingerprint density at radius 1 is 1.11 bits per heavy atom. The molecule has 2 aliphatic carbocycles. The highest BCUT2D eigenvalue weighted by Crippen LogP contribution is 2.40. The van der Waals surface area contributed by atoms with Gasteiger partial charge in [-0.25, -0.2) is 0 Å². The van der Waals surface area contributed by atoms with Gasteiger partial charge < -0.3 is 0 Å². The van der Waals surface area contributed by atoms with Gasteiger partial charge in [0.1, 0.15) is 0 Å². The average Bonchev–Trinajstić information content (AvgIpc) is 2.47. The third kappa shape index (κ3) is 2.45. The van der Waals surface area contributed by atoms with E-state index in [1.54, 1.807) is 0 Å². The third-order valence-corrected chi connectivity index (χ3v) is 4.72. The molecule has 0 atom stereocenters. The van der Waals surface area contributed by atoms with Crippen molar-refractivity contribution in [3.8, 4) is 0 Å². The number of fused-ring (bicyclic) bond motifs is 1. The molecule has 1 aromatic rings. The molecule has 0 amide bonds. The summed E-state index contributed by atoms with van der Waals surface area (Å²) in [5, 5.41) is 0. The first-order valence-electron chi connectivity index (χ1n) is 7.42. The van der Waals surface area contributed by atoms with Crippen LogP contribution in [0, 0.1) is 11.8 Å². The van der Waals surface area contributed by atoms with Crippen LogP contribution in [0.1, 0.15) is 62.3 Å². The van der Waals surface area contributed by atoms with E-state index >= 15 is 0 Å².